The first-order valence-electron chi connectivity index (χ1n) is 9.05. The largest absolute Gasteiger partial charge is 0.350 e. The van der Waals surface area contributed by atoms with E-state index in [1.54, 1.807) is 30.1 Å². The van der Waals surface area contributed by atoms with Crippen molar-refractivity contribution in [3.8, 4) is 0 Å². The summed E-state index contributed by atoms with van der Waals surface area (Å²) >= 11 is 1.66. The molecule has 2 aromatic heterocycles. The summed E-state index contributed by atoms with van der Waals surface area (Å²) in [6.45, 7) is 4.23. The van der Waals surface area contributed by atoms with Crippen molar-refractivity contribution in [3.05, 3.63) is 59.8 Å². The summed E-state index contributed by atoms with van der Waals surface area (Å²) in [7, 11) is 1.99. The number of para-hydroxylation sites is 1. The van der Waals surface area contributed by atoms with E-state index in [0.29, 0.717) is 10.8 Å². The number of hydrogen-bond donors (Lipinski definition) is 2. The maximum atomic E-state index is 12.5. The van der Waals surface area contributed by atoms with Gasteiger partial charge in [-0.25, -0.2) is 10.4 Å². The zero-order valence-electron chi connectivity index (χ0n) is 15.9. The minimum Gasteiger partial charge on any atom is -0.350 e. The van der Waals surface area contributed by atoms with Crippen molar-refractivity contribution in [2.75, 3.05) is 0 Å². The molecule has 2 N–H and O–H groups in total. The molecule has 2 heterocycles. The van der Waals surface area contributed by atoms with Gasteiger partial charge in [0, 0.05) is 40.5 Å². The summed E-state index contributed by atoms with van der Waals surface area (Å²) < 4.78 is 2.04. The lowest BCUT2D eigenvalue weighted by atomic mass is 10.2. The molecule has 1 amide bonds. The van der Waals surface area contributed by atoms with Gasteiger partial charge in [-0.05, 0) is 24.3 Å². The SMILES string of the molecule is CC(C)Sc1nc2ccc(C(=O)N/N=C\c3cn(C)c4ccccc34)cc2[nH]1. The van der Waals surface area contributed by atoms with Crippen molar-refractivity contribution in [2.24, 2.45) is 12.1 Å². The van der Waals surface area contributed by atoms with Crippen LogP contribution in [0.15, 0.2) is 58.9 Å². The first-order chi connectivity index (χ1) is 13.5. The van der Waals surface area contributed by atoms with E-state index in [-0.39, 0.29) is 5.91 Å². The van der Waals surface area contributed by atoms with Crippen molar-refractivity contribution >= 4 is 45.8 Å². The Balaban J connectivity index is 1.50. The maximum Gasteiger partial charge on any atom is 0.271 e. The number of aryl methyl sites for hydroxylation is 1. The highest BCUT2D eigenvalue weighted by atomic mass is 32.2. The Bertz CT molecular complexity index is 1190. The predicted octanol–water partition coefficient (Wildman–Crippen LogP) is 4.32. The summed E-state index contributed by atoms with van der Waals surface area (Å²) in [5.41, 5.74) is 6.91. The fraction of sp³-hybridized carbons (Fsp3) is 0.190. The number of H-pyrrole nitrogens is 1. The zero-order valence-corrected chi connectivity index (χ0v) is 16.7. The summed E-state index contributed by atoms with van der Waals surface area (Å²) in [6.07, 6.45) is 3.66. The van der Waals surface area contributed by atoms with Gasteiger partial charge in [0.25, 0.3) is 5.91 Å². The lowest BCUT2D eigenvalue weighted by Gasteiger charge is -1.99. The number of hydrazone groups is 1. The maximum absolute atomic E-state index is 12.5. The standard InChI is InChI=1S/C21H21N5OS/c1-13(2)28-21-23-17-9-8-14(10-18(17)24-21)20(27)25-22-11-15-12-26(3)19-7-5-4-6-16(15)19/h4-13H,1-3H3,(H,23,24)(H,25,27)/b22-11-. The molecule has 2 aromatic carbocycles. The fourth-order valence-corrected chi connectivity index (χ4v) is 3.87. The predicted molar refractivity (Wildman–Crippen MR) is 115 cm³/mol. The van der Waals surface area contributed by atoms with E-state index in [0.717, 1.165) is 32.7 Å². The van der Waals surface area contributed by atoms with Gasteiger partial charge in [0.15, 0.2) is 5.16 Å². The van der Waals surface area contributed by atoms with E-state index in [1.165, 1.54) is 0 Å². The number of thioether (sulfide) groups is 1. The second kappa shape index (κ2) is 7.52. The third-order valence-electron chi connectivity index (χ3n) is 4.37. The fourth-order valence-electron chi connectivity index (χ4n) is 3.11. The highest BCUT2D eigenvalue weighted by molar-refractivity contribution is 7.99. The lowest BCUT2D eigenvalue weighted by molar-refractivity contribution is 0.0955. The molecule has 7 heteroatoms. The van der Waals surface area contributed by atoms with Gasteiger partial charge in [-0.1, -0.05) is 43.8 Å². The molecule has 0 aliphatic heterocycles. The number of fused-ring (bicyclic) bond motifs is 2. The second-order valence-corrected chi connectivity index (χ2v) is 8.42. The smallest absolute Gasteiger partial charge is 0.271 e. The van der Waals surface area contributed by atoms with Crippen molar-refractivity contribution in [3.63, 3.8) is 0 Å². The van der Waals surface area contributed by atoms with E-state index in [9.17, 15) is 4.79 Å². The van der Waals surface area contributed by atoms with Crippen LogP contribution in [-0.4, -0.2) is 31.9 Å². The van der Waals surface area contributed by atoms with Crippen molar-refractivity contribution in [2.45, 2.75) is 24.3 Å². The van der Waals surface area contributed by atoms with Crippen LogP contribution in [0, 0.1) is 0 Å². The molecular weight excluding hydrogens is 370 g/mol. The summed E-state index contributed by atoms with van der Waals surface area (Å²) in [5.74, 6) is -0.258. The molecule has 0 atom stereocenters. The van der Waals surface area contributed by atoms with E-state index in [4.69, 9.17) is 0 Å². The average molecular weight is 392 g/mol. The summed E-state index contributed by atoms with van der Waals surface area (Å²) in [4.78, 5) is 20.3. The molecule has 0 spiro atoms. The van der Waals surface area contributed by atoms with E-state index >= 15 is 0 Å². The van der Waals surface area contributed by atoms with Gasteiger partial charge in [-0.15, -0.1) is 0 Å². The molecule has 4 rings (SSSR count). The Kier molecular flexibility index (Phi) is 4.92. The van der Waals surface area contributed by atoms with Gasteiger partial charge in [0.2, 0.25) is 0 Å². The van der Waals surface area contributed by atoms with Crippen LogP contribution in [0.25, 0.3) is 21.9 Å². The minimum absolute atomic E-state index is 0.258. The number of aromatic amines is 1. The van der Waals surface area contributed by atoms with Crippen LogP contribution in [-0.2, 0) is 7.05 Å². The number of aromatic nitrogens is 3. The van der Waals surface area contributed by atoms with Gasteiger partial charge in [0.05, 0.1) is 17.2 Å². The van der Waals surface area contributed by atoms with Crippen molar-refractivity contribution < 1.29 is 4.79 Å². The molecule has 0 bridgehead atoms. The Morgan fingerprint density at radius 3 is 2.93 bits per heavy atom. The molecule has 142 valence electrons. The molecule has 4 aromatic rings. The Hall–Kier alpha value is -3.06. The second-order valence-electron chi connectivity index (χ2n) is 6.85. The third-order valence-corrected chi connectivity index (χ3v) is 5.26. The minimum atomic E-state index is -0.258. The van der Waals surface area contributed by atoms with Crippen LogP contribution in [0.4, 0.5) is 0 Å². The summed E-state index contributed by atoms with van der Waals surface area (Å²) in [6, 6.07) is 13.5. The van der Waals surface area contributed by atoms with Crippen LogP contribution in [0.1, 0.15) is 29.8 Å². The average Bonchev–Trinajstić information content (AvgIpc) is 3.21. The number of carbonyl (C=O) groups excluding carboxylic acids is 1. The quantitative estimate of drug-likeness (QED) is 0.302. The zero-order chi connectivity index (χ0) is 19.7. The number of imidazole rings is 1. The van der Waals surface area contributed by atoms with Crippen LogP contribution in [0.5, 0.6) is 0 Å². The van der Waals surface area contributed by atoms with E-state index in [2.05, 4.69) is 40.4 Å². The van der Waals surface area contributed by atoms with Crippen molar-refractivity contribution in [1.82, 2.24) is 20.0 Å². The number of hydrogen-bond acceptors (Lipinski definition) is 4. The normalized spacial score (nSPS) is 11.9. The van der Waals surface area contributed by atoms with Gasteiger partial charge < -0.3 is 9.55 Å². The third kappa shape index (κ3) is 3.66. The molecule has 0 fully saturated rings. The van der Waals surface area contributed by atoms with Crippen LogP contribution in [0.3, 0.4) is 0 Å². The number of benzene rings is 2. The molecule has 0 unspecified atom stereocenters. The topological polar surface area (TPSA) is 75.1 Å². The summed E-state index contributed by atoms with van der Waals surface area (Å²) in [5, 5.41) is 6.53. The Morgan fingerprint density at radius 2 is 2.11 bits per heavy atom. The van der Waals surface area contributed by atoms with E-state index < -0.39 is 0 Å². The molecule has 6 nitrogen and oxygen atoms in total. The molecule has 0 radical (unpaired) electrons. The molecule has 0 saturated carbocycles. The van der Waals surface area contributed by atoms with Crippen LogP contribution in [0.2, 0.25) is 0 Å². The van der Waals surface area contributed by atoms with E-state index in [1.807, 2.05) is 42.1 Å². The highest BCUT2D eigenvalue weighted by Gasteiger charge is 2.10. The van der Waals surface area contributed by atoms with Gasteiger partial charge in [0.1, 0.15) is 0 Å². The van der Waals surface area contributed by atoms with Gasteiger partial charge >= 0.3 is 0 Å². The van der Waals surface area contributed by atoms with Crippen LogP contribution >= 0.6 is 11.8 Å². The van der Waals surface area contributed by atoms with Crippen LogP contribution < -0.4 is 5.43 Å². The molecule has 28 heavy (non-hydrogen) atoms. The number of rotatable bonds is 5. The molecule has 0 aliphatic carbocycles. The Labute approximate surface area is 167 Å². The molecule has 0 aliphatic rings. The lowest BCUT2D eigenvalue weighted by Crippen LogP contribution is -2.17. The van der Waals surface area contributed by atoms with Crippen molar-refractivity contribution in [1.29, 1.82) is 0 Å². The highest BCUT2D eigenvalue weighted by Crippen LogP contribution is 2.23. The first-order valence-corrected chi connectivity index (χ1v) is 9.93. The number of amides is 1. The molecular formula is C21H21N5OS. The Morgan fingerprint density at radius 1 is 1.29 bits per heavy atom. The van der Waals surface area contributed by atoms with Gasteiger partial charge in [-0.3, -0.25) is 4.79 Å². The number of carbonyl (C=O) groups is 1. The number of nitrogens with one attached hydrogen (secondary N) is 2. The first kappa shape index (κ1) is 18.3. The van der Waals surface area contributed by atoms with Gasteiger partial charge in [-0.2, -0.15) is 5.10 Å². The number of nitrogens with zero attached hydrogens (tertiary/aromatic N) is 3. The molecule has 0 saturated heterocycles. The monoisotopic (exact) mass is 391 g/mol.